The number of aromatic nitrogens is 5. The van der Waals surface area contributed by atoms with E-state index in [1.54, 1.807) is 29.4 Å². The fourth-order valence-corrected chi connectivity index (χ4v) is 1.96. The lowest BCUT2D eigenvalue weighted by molar-refractivity contribution is 0.102. The van der Waals surface area contributed by atoms with Crippen LogP contribution in [0.5, 0.6) is 0 Å². The number of hydrogen-bond donors (Lipinski definition) is 1. The van der Waals surface area contributed by atoms with Gasteiger partial charge in [-0.25, -0.2) is 4.68 Å². The molecule has 0 unspecified atom stereocenters. The van der Waals surface area contributed by atoms with E-state index >= 15 is 0 Å². The van der Waals surface area contributed by atoms with Crippen molar-refractivity contribution in [3.05, 3.63) is 54.1 Å². The average molecular weight is 282 g/mol. The van der Waals surface area contributed by atoms with Gasteiger partial charge in [0.1, 0.15) is 6.33 Å². The van der Waals surface area contributed by atoms with Gasteiger partial charge in [0.15, 0.2) is 0 Å². The van der Waals surface area contributed by atoms with Crippen LogP contribution in [0.1, 0.15) is 16.1 Å². The minimum absolute atomic E-state index is 0.259. The first kappa shape index (κ1) is 13.0. The first-order valence-electron chi connectivity index (χ1n) is 6.42. The van der Waals surface area contributed by atoms with Gasteiger partial charge in [-0.15, -0.1) is 10.2 Å². The van der Waals surface area contributed by atoms with Gasteiger partial charge in [-0.1, -0.05) is 18.2 Å². The number of anilines is 1. The van der Waals surface area contributed by atoms with E-state index in [-0.39, 0.29) is 5.91 Å². The van der Waals surface area contributed by atoms with E-state index in [1.165, 1.54) is 6.33 Å². The van der Waals surface area contributed by atoms with Gasteiger partial charge in [0.2, 0.25) is 5.95 Å². The largest absolute Gasteiger partial charge is 0.303 e. The highest BCUT2D eigenvalue weighted by Gasteiger charge is 2.16. The number of aryl methyl sites for hydroxylation is 2. The van der Waals surface area contributed by atoms with Crippen LogP contribution in [0.25, 0.3) is 5.69 Å². The molecule has 1 N–H and O–H groups in total. The van der Waals surface area contributed by atoms with E-state index in [9.17, 15) is 4.79 Å². The highest BCUT2D eigenvalue weighted by Crippen LogP contribution is 2.13. The maximum absolute atomic E-state index is 12.3. The SMILES string of the molecule is Cc1nn(-c2ccccc2)cc1C(=O)Nc1nncn1C. The van der Waals surface area contributed by atoms with E-state index in [4.69, 9.17) is 0 Å². The van der Waals surface area contributed by atoms with Gasteiger partial charge in [0, 0.05) is 13.2 Å². The summed E-state index contributed by atoms with van der Waals surface area (Å²) in [6.07, 6.45) is 3.23. The minimum Gasteiger partial charge on any atom is -0.303 e. The molecule has 0 saturated carbocycles. The molecule has 0 fully saturated rings. The number of amides is 1. The molecular formula is C14H14N6O. The number of nitrogens with zero attached hydrogens (tertiary/aromatic N) is 5. The van der Waals surface area contributed by atoms with Crippen molar-refractivity contribution in [1.29, 1.82) is 0 Å². The summed E-state index contributed by atoms with van der Waals surface area (Å²) in [4.78, 5) is 12.3. The maximum Gasteiger partial charge on any atom is 0.261 e. The van der Waals surface area contributed by atoms with E-state index in [0.29, 0.717) is 17.2 Å². The van der Waals surface area contributed by atoms with Crippen molar-refractivity contribution in [3.63, 3.8) is 0 Å². The van der Waals surface area contributed by atoms with E-state index in [2.05, 4.69) is 20.6 Å². The van der Waals surface area contributed by atoms with Crippen molar-refractivity contribution in [2.75, 3.05) is 5.32 Å². The Kier molecular flexibility index (Phi) is 3.23. The number of para-hydroxylation sites is 1. The summed E-state index contributed by atoms with van der Waals surface area (Å²) in [5.41, 5.74) is 2.05. The second-order valence-corrected chi connectivity index (χ2v) is 4.63. The second kappa shape index (κ2) is 5.20. The predicted molar refractivity (Wildman–Crippen MR) is 77.3 cm³/mol. The summed E-state index contributed by atoms with van der Waals surface area (Å²) in [5, 5.41) is 14.6. The molecular weight excluding hydrogens is 268 g/mol. The average Bonchev–Trinajstić information content (AvgIpc) is 3.06. The summed E-state index contributed by atoms with van der Waals surface area (Å²) in [7, 11) is 1.76. The Morgan fingerprint density at radius 1 is 1.24 bits per heavy atom. The molecule has 21 heavy (non-hydrogen) atoms. The summed E-state index contributed by atoms with van der Waals surface area (Å²) in [5.74, 6) is 0.137. The number of carbonyl (C=O) groups is 1. The molecule has 7 nitrogen and oxygen atoms in total. The predicted octanol–water partition coefficient (Wildman–Crippen LogP) is 1.56. The van der Waals surface area contributed by atoms with Crippen molar-refractivity contribution in [3.8, 4) is 5.69 Å². The molecule has 0 spiro atoms. The van der Waals surface area contributed by atoms with Crippen LogP contribution in [0.2, 0.25) is 0 Å². The van der Waals surface area contributed by atoms with Gasteiger partial charge >= 0.3 is 0 Å². The van der Waals surface area contributed by atoms with Crippen molar-refractivity contribution >= 4 is 11.9 Å². The second-order valence-electron chi connectivity index (χ2n) is 4.63. The molecule has 106 valence electrons. The normalized spacial score (nSPS) is 10.6. The fourth-order valence-electron chi connectivity index (χ4n) is 1.96. The molecule has 0 radical (unpaired) electrons. The molecule has 0 atom stereocenters. The first-order chi connectivity index (χ1) is 10.1. The van der Waals surface area contributed by atoms with Gasteiger partial charge in [-0.2, -0.15) is 5.10 Å². The molecule has 1 aromatic carbocycles. The molecule has 2 aromatic heterocycles. The molecule has 0 aliphatic rings. The molecule has 0 saturated heterocycles. The highest BCUT2D eigenvalue weighted by atomic mass is 16.1. The van der Waals surface area contributed by atoms with E-state index in [0.717, 1.165) is 5.69 Å². The highest BCUT2D eigenvalue weighted by molar-refractivity contribution is 6.04. The summed E-state index contributed by atoms with van der Waals surface area (Å²) >= 11 is 0. The molecule has 0 bridgehead atoms. The number of carbonyl (C=O) groups excluding carboxylic acids is 1. The third-order valence-corrected chi connectivity index (χ3v) is 3.10. The Balaban J connectivity index is 1.88. The van der Waals surface area contributed by atoms with E-state index < -0.39 is 0 Å². The van der Waals surface area contributed by atoms with Crippen LogP contribution < -0.4 is 5.32 Å². The Labute approximate surface area is 121 Å². The van der Waals surface area contributed by atoms with Crippen LogP contribution in [0, 0.1) is 6.92 Å². The lowest BCUT2D eigenvalue weighted by Crippen LogP contribution is -2.15. The molecule has 3 aromatic rings. The van der Waals surface area contributed by atoms with Gasteiger partial charge < -0.3 is 4.57 Å². The van der Waals surface area contributed by atoms with Crippen LogP contribution in [-0.4, -0.2) is 30.5 Å². The number of benzene rings is 1. The molecule has 0 aliphatic carbocycles. The Bertz CT molecular complexity index is 774. The number of nitrogens with one attached hydrogen (secondary N) is 1. The minimum atomic E-state index is -0.259. The van der Waals surface area contributed by atoms with Gasteiger partial charge in [-0.05, 0) is 19.1 Å². The van der Waals surface area contributed by atoms with Gasteiger partial charge in [0.25, 0.3) is 5.91 Å². The number of rotatable bonds is 3. The quantitative estimate of drug-likeness (QED) is 0.791. The van der Waals surface area contributed by atoms with E-state index in [1.807, 2.05) is 30.3 Å². The zero-order chi connectivity index (χ0) is 14.8. The summed E-state index contributed by atoms with van der Waals surface area (Å²) in [6, 6.07) is 9.63. The van der Waals surface area contributed by atoms with Crippen molar-refractivity contribution in [1.82, 2.24) is 24.5 Å². The van der Waals surface area contributed by atoms with Crippen molar-refractivity contribution in [2.24, 2.45) is 7.05 Å². The van der Waals surface area contributed by atoms with Crippen molar-refractivity contribution in [2.45, 2.75) is 6.92 Å². The zero-order valence-corrected chi connectivity index (χ0v) is 11.7. The molecule has 0 aliphatic heterocycles. The maximum atomic E-state index is 12.3. The first-order valence-corrected chi connectivity index (χ1v) is 6.42. The molecule has 3 rings (SSSR count). The Hall–Kier alpha value is -2.96. The van der Waals surface area contributed by atoms with Gasteiger partial charge in [0.05, 0.1) is 16.9 Å². The van der Waals surface area contributed by atoms with Gasteiger partial charge in [-0.3, -0.25) is 10.1 Å². The lowest BCUT2D eigenvalue weighted by Gasteiger charge is -2.02. The lowest BCUT2D eigenvalue weighted by atomic mass is 10.2. The van der Waals surface area contributed by atoms with Crippen LogP contribution >= 0.6 is 0 Å². The third-order valence-electron chi connectivity index (χ3n) is 3.10. The topological polar surface area (TPSA) is 77.6 Å². The van der Waals surface area contributed by atoms with Crippen LogP contribution in [0.3, 0.4) is 0 Å². The zero-order valence-electron chi connectivity index (χ0n) is 11.7. The Morgan fingerprint density at radius 3 is 2.67 bits per heavy atom. The summed E-state index contributed by atoms with van der Waals surface area (Å²) in [6.45, 7) is 1.80. The molecule has 7 heteroatoms. The molecule has 1 amide bonds. The monoisotopic (exact) mass is 282 g/mol. The third kappa shape index (κ3) is 2.53. The van der Waals surface area contributed by atoms with Crippen LogP contribution in [-0.2, 0) is 7.05 Å². The summed E-state index contributed by atoms with van der Waals surface area (Å²) < 4.78 is 3.32. The van der Waals surface area contributed by atoms with Crippen LogP contribution in [0.15, 0.2) is 42.9 Å². The van der Waals surface area contributed by atoms with Crippen LogP contribution in [0.4, 0.5) is 5.95 Å². The smallest absolute Gasteiger partial charge is 0.261 e. The number of hydrogen-bond acceptors (Lipinski definition) is 4. The standard InChI is InChI=1S/C14H14N6O/c1-10-12(13(21)16-14-17-15-9-19(14)2)8-20(18-10)11-6-4-3-5-7-11/h3-9H,1-2H3,(H,16,17,21). The molecule has 2 heterocycles. The Morgan fingerprint density at radius 2 is 2.00 bits per heavy atom. The fraction of sp³-hybridized carbons (Fsp3) is 0.143. The van der Waals surface area contributed by atoms with Crippen molar-refractivity contribution < 1.29 is 4.79 Å².